The zero-order valence-electron chi connectivity index (χ0n) is 12.5. The Morgan fingerprint density at radius 1 is 1.23 bits per heavy atom. The standard InChI is InChI=1S/C14H21ClN2O4S/c1-22(19,20)17-8-6-16(7-9-17)10-13(18)11-21-14-4-2-12(15)3-5-14/h2-5,13,18H,6-11H2,1H3/t13-/m1/s1. The van der Waals surface area contributed by atoms with Crippen LogP contribution in [0.2, 0.25) is 5.02 Å². The fourth-order valence-corrected chi connectivity index (χ4v) is 3.27. The molecule has 1 aromatic carbocycles. The minimum Gasteiger partial charge on any atom is -0.491 e. The number of halogens is 1. The maximum absolute atomic E-state index is 11.4. The minimum atomic E-state index is -3.12. The average molecular weight is 349 g/mol. The molecular formula is C14H21ClN2O4S. The molecule has 1 aliphatic heterocycles. The second-order valence-corrected chi connectivity index (χ2v) is 7.80. The molecule has 1 fully saturated rings. The van der Waals surface area contributed by atoms with E-state index in [4.69, 9.17) is 16.3 Å². The molecule has 1 aromatic rings. The molecule has 1 atom stereocenters. The molecule has 1 aliphatic rings. The van der Waals surface area contributed by atoms with Gasteiger partial charge in [-0.3, -0.25) is 4.90 Å². The van der Waals surface area contributed by atoms with Crippen LogP contribution in [0.3, 0.4) is 0 Å². The molecule has 0 spiro atoms. The van der Waals surface area contributed by atoms with Gasteiger partial charge in [0.25, 0.3) is 0 Å². The second-order valence-electron chi connectivity index (χ2n) is 5.38. The van der Waals surface area contributed by atoms with Gasteiger partial charge in [0.1, 0.15) is 18.5 Å². The molecule has 0 saturated carbocycles. The van der Waals surface area contributed by atoms with Gasteiger partial charge in [0.15, 0.2) is 0 Å². The monoisotopic (exact) mass is 348 g/mol. The van der Waals surface area contributed by atoms with Gasteiger partial charge in [-0.05, 0) is 24.3 Å². The van der Waals surface area contributed by atoms with Gasteiger partial charge in [-0.25, -0.2) is 8.42 Å². The maximum atomic E-state index is 11.4. The summed E-state index contributed by atoms with van der Waals surface area (Å²) >= 11 is 5.79. The summed E-state index contributed by atoms with van der Waals surface area (Å²) in [4.78, 5) is 2.04. The first-order chi connectivity index (χ1) is 10.3. The maximum Gasteiger partial charge on any atom is 0.211 e. The van der Waals surface area contributed by atoms with E-state index in [-0.39, 0.29) is 6.61 Å². The number of sulfonamides is 1. The Hall–Kier alpha value is -0.860. The van der Waals surface area contributed by atoms with E-state index in [0.717, 1.165) is 0 Å². The molecule has 0 radical (unpaired) electrons. The fraction of sp³-hybridized carbons (Fsp3) is 0.571. The number of aliphatic hydroxyl groups is 1. The summed E-state index contributed by atoms with van der Waals surface area (Å²) in [5, 5.41) is 10.7. The Morgan fingerprint density at radius 2 is 1.82 bits per heavy atom. The topological polar surface area (TPSA) is 70.1 Å². The number of piperazine rings is 1. The van der Waals surface area contributed by atoms with Crippen molar-refractivity contribution in [2.75, 3.05) is 45.6 Å². The third kappa shape index (κ3) is 5.40. The second kappa shape index (κ2) is 7.61. The Bertz CT molecular complexity index is 571. The highest BCUT2D eigenvalue weighted by molar-refractivity contribution is 7.88. The summed E-state index contributed by atoms with van der Waals surface area (Å²) in [5.41, 5.74) is 0. The van der Waals surface area contributed by atoms with Gasteiger partial charge in [0.05, 0.1) is 6.26 Å². The van der Waals surface area contributed by atoms with E-state index in [2.05, 4.69) is 0 Å². The highest BCUT2D eigenvalue weighted by atomic mass is 35.5. The Kier molecular flexibility index (Phi) is 6.05. The van der Waals surface area contributed by atoms with Crippen molar-refractivity contribution in [1.82, 2.24) is 9.21 Å². The molecule has 0 aliphatic carbocycles. The van der Waals surface area contributed by atoms with Gasteiger partial charge in [0, 0.05) is 37.7 Å². The van der Waals surface area contributed by atoms with Crippen LogP contribution in [0.15, 0.2) is 24.3 Å². The highest BCUT2D eigenvalue weighted by Gasteiger charge is 2.24. The van der Waals surface area contributed by atoms with Crippen molar-refractivity contribution in [3.63, 3.8) is 0 Å². The number of rotatable bonds is 6. The van der Waals surface area contributed by atoms with E-state index in [1.54, 1.807) is 24.3 Å². The Balaban J connectivity index is 1.72. The molecule has 8 heteroatoms. The quantitative estimate of drug-likeness (QED) is 0.817. The van der Waals surface area contributed by atoms with Crippen molar-refractivity contribution in [1.29, 1.82) is 0 Å². The van der Waals surface area contributed by atoms with Crippen LogP contribution >= 0.6 is 11.6 Å². The van der Waals surface area contributed by atoms with Crippen LogP contribution in [0.25, 0.3) is 0 Å². The molecule has 0 bridgehead atoms. The van der Waals surface area contributed by atoms with E-state index in [1.165, 1.54) is 10.6 Å². The van der Waals surface area contributed by atoms with Gasteiger partial charge in [-0.15, -0.1) is 0 Å². The molecule has 124 valence electrons. The number of β-amino-alcohol motifs (C(OH)–C–C–N with tert-alkyl or cyclic N) is 1. The summed E-state index contributed by atoms with van der Waals surface area (Å²) in [6.45, 7) is 2.81. The van der Waals surface area contributed by atoms with Crippen LogP contribution in [0.1, 0.15) is 0 Å². The lowest BCUT2D eigenvalue weighted by atomic mass is 10.3. The van der Waals surface area contributed by atoms with Gasteiger partial charge in [-0.1, -0.05) is 11.6 Å². The van der Waals surface area contributed by atoms with Gasteiger partial charge in [-0.2, -0.15) is 4.31 Å². The lowest BCUT2D eigenvalue weighted by Gasteiger charge is -2.34. The number of ether oxygens (including phenoxy) is 1. The molecule has 2 rings (SSSR count). The van der Waals surface area contributed by atoms with Crippen LogP contribution in [-0.2, 0) is 10.0 Å². The molecule has 1 N–H and O–H groups in total. The first kappa shape index (κ1) is 17.5. The summed E-state index contributed by atoms with van der Waals surface area (Å²) < 4.78 is 29.8. The summed E-state index contributed by atoms with van der Waals surface area (Å²) in [6.07, 6.45) is 0.595. The summed E-state index contributed by atoms with van der Waals surface area (Å²) in [5.74, 6) is 0.658. The van der Waals surface area contributed by atoms with Crippen molar-refractivity contribution >= 4 is 21.6 Å². The smallest absolute Gasteiger partial charge is 0.211 e. The predicted molar refractivity (Wildman–Crippen MR) is 85.8 cm³/mol. The molecule has 1 heterocycles. The number of hydrogen-bond donors (Lipinski definition) is 1. The Labute approximate surface area is 136 Å². The zero-order valence-corrected chi connectivity index (χ0v) is 14.1. The normalized spacial score (nSPS) is 19.0. The van der Waals surface area contributed by atoms with E-state index in [0.29, 0.717) is 43.5 Å². The first-order valence-corrected chi connectivity index (χ1v) is 9.31. The van der Waals surface area contributed by atoms with Crippen LogP contribution < -0.4 is 4.74 Å². The molecule has 0 aromatic heterocycles. The molecule has 6 nitrogen and oxygen atoms in total. The summed E-state index contributed by atoms with van der Waals surface area (Å²) in [7, 11) is -3.12. The van der Waals surface area contributed by atoms with Crippen molar-refractivity contribution < 1.29 is 18.3 Å². The molecule has 22 heavy (non-hydrogen) atoms. The van der Waals surface area contributed by atoms with E-state index < -0.39 is 16.1 Å². The molecule has 0 unspecified atom stereocenters. The van der Waals surface area contributed by atoms with Gasteiger partial charge >= 0.3 is 0 Å². The van der Waals surface area contributed by atoms with Crippen LogP contribution in [-0.4, -0.2) is 74.4 Å². The van der Waals surface area contributed by atoms with Crippen molar-refractivity contribution in [2.24, 2.45) is 0 Å². The fourth-order valence-electron chi connectivity index (χ4n) is 2.32. The van der Waals surface area contributed by atoms with E-state index >= 15 is 0 Å². The number of hydrogen-bond acceptors (Lipinski definition) is 5. The number of benzene rings is 1. The van der Waals surface area contributed by atoms with Gasteiger partial charge in [0.2, 0.25) is 10.0 Å². The SMILES string of the molecule is CS(=O)(=O)N1CCN(C[C@@H](O)COc2ccc(Cl)cc2)CC1. The summed E-state index contributed by atoms with van der Waals surface area (Å²) in [6, 6.07) is 6.96. The van der Waals surface area contributed by atoms with Crippen molar-refractivity contribution in [3.8, 4) is 5.75 Å². The van der Waals surface area contributed by atoms with Crippen LogP contribution in [0, 0.1) is 0 Å². The largest absolute Gasteiger partial charge is 0.491 e. The zero-order chi connectivity index (χ0) is 16.2. The molecule has 1 saturated heterocycles. The van der Waals surface area contributed by atoms with E-state index in [9.17, 15) is 13.5 Å². The first-order valence-electron chi connectivity index (χ1n) is 7.08. The van der Waals surface area contributed by atoms with Gasteiger partial charge < -0.3 is 9.84 Å². The third-order valence-corrected chi connectivity index (χ3v) is 5.08. The molecular weight excluding hydrogens is 328 g/mol. The predicted octanol–water partition coefficient (Wildman–Crippen LogP) is 0.657. The minimum absolute atomic E-state index is 0.188. The number of aliphatic hydroxyl groups excluding tert-OH is 1. The molecule has 0 amide bonds. The van der Waals surface area contributed by atoms with Crippen molar-refractivity contribution in [2.45, 2.75) is 6.10 Å². The highest BCUT2D eigenvalue weighted by Crippen LogP contribution is 2.15. The number of nitrogens with zero attached hydrogens (tertiary/aromatic N) is 2. The Morgan fingerprint density at radius 3 is 2.36 bits per heavy atom. The van der Waals surface area contributed by atoms with E-state index in [1.807, 2.05) is 4.90 Å². The lowest BCUT2D eigenvalue weighted by Crippen LogP contribution is -2.50. The van der Waals surface area contributed by atoms with Crippen molar-refractivity contribution in [3.05, 3.63) is 29.3 Å². The van der Waals surface area contributed by atoms with Crippen LogP contribution in [0.4, 0.5) is 0 Å². The third-order valence-electron chi connectivity index (χ3n) is 3.53. The van der Waals surface area contributed by atoms with Crippen LogP contribution in [0.5, 0.6) is 5.75 Å². The average Bonchev–Trinajstić information content (AvgIpc) is 2.46. The lowest BCUT2D eigenvalue weighted by molar-refractivity contribution is 0.0570.